The molecule has 1 aromatic rings. The Morgan fingerprint density at radius 1 is 1.58 bits per heavy atom. The van der Waals surface area contributed by atoms with Gasteiger partial charge in [0.2, 0.25) is 10.0 Å². The van der Waals surface area contributed by atoms with Crippen molar-refractivity contribution in [1.29, 1.82) is 0 Å². The van der Waals surface area contributed by atoms with Gasteiger partial charge in [0, 0.05) is 12.6 Å². The van der Waals surface area contributed by atoms with E-state index >= 15 is 0 Å². The van der Waals surface area contributed by atoms with Crippen molar-refractivity contribution in [2.24, 2.45) is 5.92 Å². The minimum absolute atomic E-state index is 0.219. The van der Waals surface area contributed by atoms with E-state index in [1.165, 1.54) is 0 Å². The molecule has 1 rings (SSSR count). The van der Waals surface area contributed by atoms with E-state index in [1.54, 1.807) is 19.9 Å². The Morgan fingerprint density at radius 3 is 2.79 bits per heavy atom. The molecule has 0 aliphatic rings. The molecule has 0 saturated carbocycles. The van der Waals surface area contributed by atoms with E-state index in [9.17, 15) is 13.2 Å². The third kappa shape index (κ3) is 5.84. The van der Waals surface area contributed by atoms with Crippen LogP contribution in [0, 0.1) is 12.8 Å². The van der Waals surface area contributed by atoms with Gasteiger partial charge >= 0.3 is 5.97 Å². The molecular formula is C11H18N2O5S. The second-order valence-electron chi connectivity index (χ2n) is 4.46. The van der Waals surface area contributed by atoms with Crippen LogP contribution in [-0.4, -0.2) is 31.2 Å². The average molecular weight is 290 g/mol. The summed E-state index contributed by atoms with van der Waals surface area (Å²) in [5, 5.41) is 12.3. The normalized spacial score (nSPS) is 13.4. The lowest BCUT2D eigenvalue weighted by molar-refractivity contribution is -0.141. The first-order chi connectivity index (χ1) is 8.80. The van der Waals surface area contributed by atoms with Gasteiger partial charge in [-0.05, 0) is 19.8 Å². The number of aryl methyl sites for hydroxylation is 1. The van der Waals surface area contributed by atoms with Crippen LogP contribution in [-0.2, 0) is 20.6 Å². The van der Waals surface area contributed by atoms with Crippen LogP contribution in [0.4, 0.5) is 0 Å². The number of sulfonamides is 1. The summed E-state index contributed by atoms with van der Waals surface area (Å²) in [7, 11) is -3.46. The molecule has 1 heterocycles. The highest BCUT2D eigenvalue weighted by Gasteiger charge is 2.15. The number of carboxylic acid groups (broad SMARTS) is 1. The summed E-state index contributed by atoms with van der Waals surface area (Å²) in [5.41, 5.74) is 0.351. The maximum absolute atomic E-state index is 11.7. The first-order valence-electron chi connectivity index (χ1n) is 5.92. The van der Waals surface area contributed by atoms with Crippen LogP contribution in [0.3, 0.4) is 0 Å². The van der Waals surface area contributed by atoms with Gasteiger partial charge in [-0.15, -0.1) is 0 Å². The SMILES string of the molecule is Cc1cc(CS(=O)(=O)NCCCC(C)C(=O)O)no1. The Morgan fingerprint density at radius 2 is 2.26 bits per heavy atom. The fourth-order valence-corrected chi connectivity index (χ4v) is 2.57. The van der Waals surface area contributed by atoms with E-state index < -0.39 is 21.9 Å². The zero-order valence-electron chi connectivity index (χ0n) is 10.9. The van der Waals surface area contributed by atoms with E-state index in [-0.39, 0.29) is 12.3 Å². The molecule has 1 aromatic heterocycles. The Labute approximate surface area is 112 Å². The molecule has 0 bridgehead atoms. The van der Waals surface area contributed by atoms with Crippen molar-refractivity contribution >= 4 is 16.0 Å². The highest BCUT2D eigenvalue weighted by Crippen LogP contribution is 2.07. The molecule has 1 unspecified atom stereocenters. The van der Waals surface area contributed by atoms with E-state index in [0.717, 1.165) is 0 Å². The lowest BCUT2D eigenvalue weighted by Gasteiger charge is -2.07. The predicted molar refractivity (Wildman–Crippen MR) is 67.9 cm³/mol. The first kappa shape index (κ1) is 15.6. The number of carboxylic acids is 1. The summed E-state index contributed by atoms with van der Waals surface area (Å²) >= 11 is 0. The summed E-state index contributed by atoms with van der Waals surface area (Å²) in [6.07, 6.45) is 0.908. The number of aromatic nitrogens is 1. The van der Waals surface area contributed by atoms with Crippen molar-refractivity contribution < 1.29 is 22.8 Å². The van der Waals surface area contributed by atoms with Gasteiger partial charge in [0.15, 0.2) is 0 Å². The fraction of sp³-hybridized carbons (Fsp3) is 0.636. The van der Waals surface area contributed by atoms with E-state index in [2.05, 4.69) is 9.88 Å². The largest absolute Gasteiger partial charge is 0.481 e. The van der Waals surface area contributed by atoms with Gasteiger partial charge in [0.1, 0.15) is 17.2 Å². The summed E-state index contributed by atoms with van der Waals surface area (Å²) in [6.45, 7) is 3.50. The Bertz CT molecular complexity index is 523. The first-order valence-corrected chi connectivity index (χ1v) is 7.58. The summed E-state index contributed by atoms with van der Waals surface area (Å²) in [6, 6.07) is 1.56. The Hall–Kier alpha value is -1.41. The molecule has 7 nitrogen and oxygen atoms in total. The molecule has 0 fully saturated rings. The van der Waals surface area contributed by atoms with Gasteiger partial charge in [-0.2, -0.15) is 0 Å². The van der Waals surface area contributed by atoms with Crippen molar-refractivity contribution in [1.82, 2.24) is 9.88 Å². The maximum atomic E-state index is 11.7. The van der Waals surface area contributed by atoms with Gasteiger partial charge in [-0.1, -0.05) is 12.1 Å². The lowest BCUT2D eigenvalue weighted by atomic mass is 10.1. The number of nitrogens with zero attached hydrogens (tertiary/aromatic N) is 1. The average Bonchev–Trinajstić information content (AvgIpc) is 2.68. The molecule has 0 aliphatic heterocycles. The number of hydrogen-bond acceptors (Lipinski definition) is 5. The van der Waals surface area contributed by atoms with Crippen LogP contribution in [0.2, 0.25) is 0 Å². The molecule has 0 aromatic carbocycles. The highest BCUT2D eigenvalue weighted by molar-refractivity contribution is 7.88. The van der Waals surface area contributed by atoms with Crippen LogP contribution in [0.1, 0.15) is 31.2 Å². The molecule has 8 heteroatoms. The molecule has 1 atom stereocenters. The van der Waals surface area contributed by atoms with Gasteiger partial charge in [0.05, 0.1) is 5.92 Å². The molecular weight excluding hydrogens is 272 g/mol. The van der Waals surface area contributed by atoms with Crippen molar-refractivity contribution in [2.45, 2.75) is 32.4 Å². The van der Waals surface area contributed by atoms with Crippen LogP contribution < -0.4 is 4.72 Å². The number of hydrogen-bond donors (Lipinski definition) is 2. The van der Waals surface area contributed by atoms with Gasteiger partial charge < -0.3 is 9.63 Å². The quantitative estimate of drug-likeness (QED) is 0.688. The van der Waals surface area contributed by atoms with Crippen molar-refractivity contribution in [2.75, 3.05) is 6.54 Å². The summed E-state index contributed by atoms with van der Waals surface area (Å²) in [4.78, 5) is 10.6. The number of aliphatic carboxylic acids is 1. The van der Waals surface area contributed by atoms with E-state index in [4.69, 9.17) is 9.63 Å². The fourth-order valence-electron chi connectivity index (χ4n) is 1.49. The monoisotopic (exact) mass is 290 g/mol. The number of carbonyl (C=O) groups is 1. The zero-order chi connectivity index (χ0) is 14.5. The smallest absolute Gasteiger partial charge is 0.306 e. The van der Waals surface area contributed by atoms with Crippen LogP contribution in [0.25, 0.3) is 0 Å². The molecule has 0 aliphatic carbocycles. The molecule has 19 heavy (non-hydrogen) atoms. The van der Waals surface area contributed by atoms with Crippen LogP contribution in [0.15, 0.2) is 10.6 Å². The van der Waals surface area contributed by atoms with Crippen LogP contribution >= 0.6 is 0 Å². The third-order valence-corrected chi connectivity index (χ3v) is 3.89. The third-order valence-electron chi connectivity index (χ3n) is 2.57. The highest BCUT2D eigenvalue weighted by atomic mass is 32.2. The topological polar surface area (TPSA) is 110 Å². The predicted octanol–water partition coefficient (Wildman–Crippen LogP) is 0.903. The molecule has 0 spiro atoms. The Kier molecular flexibility index (Phi) is 5.49. The standard InChI is InChI=1S/C11H18N2O5S/c1-8(11(14)15)4-3-5-12-19(16,17)7-10-6-9(2)18-13-10/h6,8,12H,3-5,7H2,1-2H3,(H,14,15). The maximum Gasteiger partial charge on any atom is 0.306 e. The van der Waals surface area contributed by atoms with Crippen molar-refractivity contribution in [3.63, 3.8) is 0 Å². The van der Waals surface area contributed by atoms with E-state index in [1.807, 2.05) is 0 Å². The zero-order valence-corrected chi connectivity index (χ0v) is 11.7. The van der Waals surface area contributed by atoms with Crippen molar-refractivity contribution in [3.05, 3.63) is 17.5 Å². The van der Waals surface area contributed by atoms with Gasteiger partial charge in [0.25, 0.3) is 0 Å². The van der Waals surface area contributed by atoms with E-state index in [0.29, 0.717) is 24.3 Å². The molecule has 0 saturated heterocycles. The van der Waals surface area contributed by atoms with Gasteiger partial charge in [-0.3, -0.25) is 4.79 Å². The number of rotatable bonds is 8. The minimum Gasteiger partial charge on any atom is -0.481 e. The molecule has 108 valence electrons. The molecule has 0 radical (unpaired) electrons. The second kappa shape index (κ2) is 6.67. The Balaban J connectivity index is 2.33. The summed E-state index contributed by atoms with van der Waals surface area (Å²) < 4.78 is 30.6. The molecule has 0 amide bonds. The summed E-state index contributed by atoms with van der Waals surface area (Å²) in [5.74, 6) is -1.03. The molecule has 2 N–H and O–H groups in total. The van der Waals surface area contributed by atoms with Crippen molar-refractivity contribution in [3.8, 4) is 0 Å². The second-order valence-corrected chi connectivity index (χ2v) is 6.27. The number of nitrogens with one attached hydrogen (secondary N) is 1. The minimum atomic E-state index is -3.46. The van der Waals surface area contributed by atoms with Gasteiger partial charge in [-0.25, -0.2) is 13.1 Å². The lowest BCUT2D eigenvalue weighted by Crippen LogP contribution is -2.27. The van der Waals surface area contributed by atoms with Crippen LogP contribution in [0.5, 0.6) is 0 Å².